The molecule has 7 aromatic rings. The number of H-pyrrole nitrogens is 1. The van der Waals surface area contributed by atoms with E-state index in [-0.39, 0.29) is 30.3 Å². The summed E-state index contributed by atoms with van der Waals surface area (Å²) in [4.78, 5) is 37.0. The molecule has 1 N–H and O–H groups in total. The Hall–Kier alpha value is -5.32. The highest BCUT2D eigenvalue weighted by Crippen LogP contribution is 2.42. The first-order chi connectivity index (χ1) is 24.9. The van der Waals surface area contributed by atoms with Crippen LogP contribution in [0.1, 0.15) is 29.4 Å². The Morgan fingerprint density at radius 2 is 1.55 bits per heavy atom. The number of para-hydroxylation sites is 1. The Labute approximate surface area is 310 Å². The number of fused-ring (bicyclic) bond motifs is 2. The number of ketones is 1. The highest BCUT2D eigenvalue weighted by atomic mass is 79.9. The maximum atomic E-state index is 14.3. The number of hydrogen-bond donors (Lipinski definition) is 1. The Morgan fingerprint density at radius 3 is 2.27 bits per heavy atom. The second kappa shape index (κ2) is 13.8. The van der Waals surface area contributed by atoms with Gasteiger partial charge in [0.15, 0.2) is 5.78 Å². The van der Waals surface area contributed by atoms with Gasteiger partial charge in [-0.1, -0.05) is 94.8 Å². The molecule has 3 heterocycles. The van der Waals surface area contributed by atoms with Crippen LogP contribution in [0.15, 0.2) is 140 Å². The number of halogens is 2. The van der Waals surface area contributed by atoms with Gasteiger partial charge in [-0.25, -0.2) is 4.98 Å². The van der Waals surface area contributed by atoms with Crippen LogP contribution in [-0.2, 0) is 11.2 Å². The van der Waals surface area contributed by atoms with E-state index in [0.29, 0.717) is 39.1 Å². The summed E-state index contributed by atoms with van der Waals surface area (Å²) in [7, 11) is 1.59. The molecule has 8 nitrogen and oxygen atoms in total. The number of hydrazone groups is 1. The minimum Gasteiger partial charge on any atom is -0.497 e. The molecule has 0 saturated heterocycles. The van der Waals surface area contributed by atoms with Crippen molar-refractivity contribution in [2.75, 3.05) is 13.7 Å². The molecular weight excluding hydrogens is 770 g/mol. The summed E-state index contributed by atoms with van der Waals surface area (Å²) < 4.78 is 8.28. The van der Waals surface area contributed by atoms with Crippen LogP contribution in [0.5, 0.6) is 5.75 Å². The number of carbonyl (C=O) groups is 1. The van der Waals surface area contributed by atoms with E-state index in [1.54, 1.807) is 37.4 Å². The summed E-state index contributed by atoms with van der Waals surface area (Å²) in [5.41, 5.74) is 6.90. The molecule has 0 aliphatic carbocycles. The summed E-state index contributed by atoms with van der Waals surface area (Å²) in [6.07, 6.45) is 0.532. The topological polar surface area (TPSA) is 92.6 Å². The molecule has 0 spiro atoms. The van der Waals surface area contributed by atoms with E-state index in [2.05, 4.69) is 73.2 Å². The van der Waals surface area contributed by atoms with Crippen molar-refractivity contribution in [3.63, 3.8) is 0 Å². The third kappa shape index (κ3) is 6.30. The van der Waals surface area contributed by atoms with Gasteiger partial charge in [0.2, 0.25) is 0 Å². The number of Topliss-reactive ketones (excluding diaryl/α,β-unsaturated/α-hetero) is 1. The van der Waals surface area contributed by atoms with E-state index in [1.165, 1.54) is 4.57 Å². The lowest BCUT2D eigenvalue weighted by Gasteiger charge is -2.24. The predicted octanol–water partition coefficient (Wildman–Crippen LogP) is 9.03. The van der Waals surface area contributed by atoms with Crippen molar-refractivity contribution in [1.82, 2.24) is 19.5 Å². The second-order valence-corrected chi connectivity index (χ2v) is 14.2. The first-order valence-corrected chi connectivity index (χ1v) is 18.1. The Bertz CT molecular complexity index is 2510. The van der Waals surface area contributed by atoms with Crippen molar-refractivity contribution >= 4 is 65.2 Å². The Balaban J connectivity index is 1.21. The van der Waals surface area contributed by atoms with Gasteiger partial charge in [0.25, 0.3) is 5.56 Å². The number of carbonyl (C=O) groups excluding carboxylic acids is 1. The van der Waals surface area contributed by atoms with Gasteiger partial charge in [0, 0.05) is 31.8 Å². The first-order valence-electron chi connectivity index (χ1n) is 16.5. The van der Waals surface area contributed by atoms with Gasteiger partial charge in [0.1, 0.15) is 11.6 Å². The zero-order valence-electron chi connectivity index (χ0n) is 27.5. The number of nitrogens with one attached hydrogen (secondary N) is 1. The lowest BCUT2D eigenvalue weighted by Crippen LogP contribution is -2.30. The molecule has 5 aromatic carbocycles. The molecule has 0 amide bonds. The van der Waals surface area contributed by atoms with Crippen molar-refractivity contribution in [2.45, 2.75) is 18.9 Å². The van der Waals surface area contributed by atoms with Crippen LogP contribution in [0.25, 0.3) is 38.8 Å². The fraction of sp³-hybridized carbons (Fsp3) is 0.122. The maximum Gasteiger partial charge on any atom is 0.266 e. The minimum absolute atomic E-state index is 0.0206. The largest absolute Gasteiger partial charge is 0.497 e. The van der Waals surface area contributed by atoms with Crippen LogP contribution < -0.4 is 10.3 Å². The van der Waals surface area contributed by atoms with E-state index >= 15 is 0 Å². The molecule has 10 heteroatoms. The number of aromatic amines is 1. The van der Waals surface area contributed by atoms with Gasteiger partial charge >= 0.3 is 0 Å². The minimum atomic E-state index is -0.273. The molecule has 2 aromatic heterocycles. The number of rotatable bonds is 9. The van der Waals surface area contributed by atoms with Crippen molar-refractivity contribution < 1.29 is 9.53 Å². The molecule has 0 bridgehead atoms. The molecule has 1 aliphatic rings. The number of benzene rings is 5. The highest BCUT2D eigenvalue weighted by Gasteiger charge is 2.34. The Morgan fingerprint density at radius 1 is 0.863 bits per heavy atom. The zero-order valence-corrected chi connectivity index (χ0v) is 30.7. The summed E-state index contributed by atoms with van der Waals surface area (Å²) in [5.74, 6) is 0.870. The van der Waals surface area contributed by atoms with Crippen molar-refractivity contribution in [1.29, 1.82) is 0 Å². The van der Waals surface area contributed by atoms with Gasteiger partial charge in [-0.3, -0.25) is 19.2 Å². The van der Waals surface area contributed by atoms with Crippen molar-refractivity contribution in [2.24, 2.45) is 5.10 Å². The van der Waals surface area contributed by atoms with E-state index in [0.717, 1.165) is 43.5 Å². The second-order valence-electron chi connectivity index (χ2n) is 12.4. The molecule has 1 atom stereocenters. The van der Waals surface area contributed by atoms with Gasteiger partial charge in [0.05, 0.1) is 54.1 Å². The number of nitrogens with zero attached hydrogens (tertiary/aromatic N) is 4. The van der Waals surface area contributed by atoms with Crippen LogP contribution in [-0.4, -0.2) is 44.7 Å². The fourth-order valence-electron chi connectivity index (χ4n) is 6.89. The van der Waals surface area contributed by atoms with Crippen LogP contribution in [0, 0.1) is 0 Å². The zero-order chi connectivity index (χ0) is 35.1. The maximum absolute atomic E-state index is 14.3. The van der Waals surface area contributed by atoms with E-state index in [4.69, 9.17) is 14.8 Å². The third-order valence-electron chi connectivity index (χ3n) is 9.23. The average Bonchev–Trinajstić information content (AvgIpc) is 3.74. The predicted molar refractivity (Wildman–Crippen MR) is 209 cm³/mol. The van der Waals surface area contributed by atoms with Crippen LogP contribution >= 0.6 is 31.9 Å². The smallest absolute Gasteiger partial charge is 0.266 e. The Kier molecular flexibility index (Phi) is 8.87. The molecule has 51 heavy (non-hydrogen) atoms. The van der Waals surface area contributed by atoms with E-state index in [1.807, 2.05) is 59.6 Å². The average molecular weight is 802 g/mol. The molecular formula is C41H31Br2N5O3. The molecule has 0 saturated carbocycles. The summed E-state index contributed by atoms with van der Waals surface area (Å²) >= 11 is 7.09. The monoisotopic (exact) mass is 799 g/mol. The van der Waals surface area contributed by atoms with Gasteiger partial charge in [-0.2, -0.15) is 5.10 Å². The molecule has 8 rings (SSSR count). The number of ether oxygens (including phenoxy) is 1. The lowest BCUT2D eigenvalue weighted by molar-refractivity contribution is -0.120. The molecule has 252 valence electrons. The standard InChI is InChI=1S/C41H31Br2N5O3/c1-51-30-18-16-28(17-19-30)48-37(45-40-32(41(48)50)20-27(42)21-33(40)43)22-29(49)24-47-36(23-35(46-47)25-10-4-2-5-11-25)38-31-14-8-9-15-34(31)44-39(38)26-12-6-3-7-13-26/h2-21,36,44H,22-24H2,1H3. The van der Waals surface area contributed by atoms with Gasteiger partial charge in [-0.15, -0.1) is 0 Å². The SMILES string of the molecule is COc1ccc(-n2c(CC(=O)CN3N=C(c4ccccc4)CC3c3c(-c4ccccc4)[nH]c4ccccc34)nc3c(Br)cc(Br)cc3c2=O)cc1. The molecule has 1 aliphatic heterocycles. The summed E-state index contributed by atoms with van der Waals surface area (Å²) in [6.45, 7) is 0.0206. The quantitative estimate of drug-likeness (QED) is 0.157. The highest BCUT2D eigenvalue weighted by molar-refractivity contribution is 9.11. The van der Waals surface area contributed by atoms with Crippen LogP contribution in [0.2, 0.25) is 0 Å². The lowest BCUT2D eigenvalue weighted by atomic mass is 9.93. The molecule has 1 unspecified atom stereocenters. The number of methoxy groups -OCH3 is 1. The van der Waals surface area contributed by atoms with Gasteiger partial charge < -0.3 is 9.72 Å². The van der Waals surface area contributed by atoms with Crippen molar-refractivity contribution in [3.05, 3.63) is 158 Å². The normalized spacial score (nSPS) is 14.3. The van der Waals surface area contributed by atoms with E-state index < -0.39 is 0 Å². The fourth-order valence-corrected chi connectivity index (χ4v) is 8.20. The number of aromatic nitrogens is 3. The molecule has 0 radical (unpaired) electrons. The summed E-state index contributed by atoms with van der Waals surface area (Å²) in [6, 6.07) is 39.2. The third-order valence-corrected chi connectivity index (χ3v) is 10.3. The first kappa shape index (κ1) is 32.9. The van der Waals surface area contributed by atoms with Crippen LogP contribution in [0.4, 0.5) is 0 Å². The number of hydrogen-bond acceptors (Lipinski definition) is 6. The summed E-state index contributed by atoms with van der Waals surface area (Å²) in [5, 5.41) is 8.53. The van der Waals surface area contributed by atoms with E-state index in [9.17, 15) is 9.59 Å². The van der Waals surface area contributed by atoms with Gasteiger partial charge in [-0.05, 0) is 69.5 Å². The molecule has 0 fully saturated rings. The van der Waals surface area contributed by atoms with Crippen molar-refractivity contribution in [3.8, 4) is 22.7 Å². The van der Waals surface area contributed by atoms with Crippen LogP contribution in [0.3, 0.4) is 0 Å².